The minimum Gasteiger partial charge on any atom is -0.339 e. The number of alkyl halides is 1. The Morgan fingerprint density at radius 3 is 2.87 bits per heavy atom. The Balaban J connectivity index is 1.36. The fourth-order valence-electron chi connectivity index (χ4n) is 3.22. The molecule has 4 aromatic rings. The van der Waals surface area contributed by atoms with Crippen LogP contribution in [0.2, 0.25) is 5.02 Å². The number of carbonyl (C=O) groups excluding carboxylic acids is 1. The van der Waals surface area contributed by atoms with Crippen LogP contribution in [0.5, 0.6) is 0 Å². The van der Waals surface area contributed by atoms with Crippen molar-refractivity contribution in [2.45, 2.75) is 25.4 Å². The summed E-state index contributed by atoms with van der Waals surface area (Å²) in [7, 11) is 0. The summed E-state index contributed by atoms with van der Waals surface area (Å²) >= 11 is 6.21. The number of amides is 1. The Kier molecular flexibility index (Phi) is 4.78. The van der Waals surface area contributed by atoms with Gasteiger partial charge in [0.05, 0.1) is 28.4 Å². The molecule has 1 amide bonds. The molecule has 1 saturated carbocycles. The SMILES string of the molecule is Cc1ccc(-c2noc([C@H]3C[C@@H]3F)n2)cc1NC(=O)c1cnn(-c2ccccc2Cl)c1. The van der Waals surface area contributed by atoms with E-state index < -0.39 is 6.17 Å². The van der Waals surface area contributed by atoms with E-state index in [9.17, 15) is 9.18 Å². The molecule has 0 saturated heterocycles. The van der Waals surface area contributed by atoms with Gasteiger partial charge in [0, 0.05) is 17.4 Å². The minimum absolute atomic E-state index is 0.305. The van der Waals surface area contributed by atoms with Gasteiger partial charge in [-0.3, -0.25) is 4.79 Å². The average molecular weight is 438 g/mol. The van der Waals surface area contributed by atoms with Gasteiger partial charge in [0.15, 0.2) is 0 Å². The molecule has 1 N–H and O–H groups in total. The zero-order valence-electron chi connectivity index (χ0n) is 16.4. The van der Waals surface area contributed by atoms with Crippen molar-refractivity contribution in [2.24, 2.45) is 0 Å². The van der Waals surface area contributed by atoms with Crippen molar-refractivity contribution < 1.29 is 13.7 Å². The molecule has 9 heteroatoms. The lowest BCUT2D eigenvalue weighted by atomic mass is 10.1. The van der Waals surface area contributed by atoms with E-state index in [4.69, 9.17) is 16.1 Å². The molecule has 1 fully saturated rings. The molecule has 0 spiro atoms. The summed E-state index contributed by atoms with van der Waals surface area (Å²) in [6.45, 7) is 1.88. The number of carbonyl (C=O) groups is 1. The predicted molar refractivity (Wildman–Crippen MR) is 113 cm³/mol. The number of anilines is 1. The second-order valence-electron chi connectivity index (χ2n) is 7.42. The molecule has 2 atom stereocenters. The Hall–Kier alpha value is -3.52. The highest BCUT2D eigenvalue weighted by Gasteiger charge is 2.43. The maximum absolute atomic E-state index is 13.2. The molecule has 31 heavy (non-hydrogen) atoms. The van der Waals surface area contributed by atoms with Crippen LogP contribution in [0, 0.1) is 6.92 Å². The van der Waals surface area contributed by atoms with Gasteiger partial charge in [-0.15, -0.1) is 0 Å². The Morgan fingerprint density at radius 2 is 2.10 bits per heavy atom. The molecule has 2 aromatic carbocycles. The van der Waals surface area contributed by atoms with Crippen molar-refractivity contribution in [2.75, 3.05) is 5.32 Å². The highest BCUT2D eigenvalue weighted by molar-refractivity contribution is 6.32. The first-order valence-corrected chi connectivity index (χ1v) is 10.1. The van der Waals surface area contributed by atoms with E-state index in [1.807, 2.05) is 37.3 Å². The zero-order chi connectivity index (χ0) is 21.5. The van der Waals surface area contributed by atoms with E-state index in [0.29, 0.717) is 45.7 Å². The highest BCUT2D eigenvalue weighted by Crippen LogP contribution is 2.43. The summed E-state index contributed by atoms with van der Waals surface area (Å²) in [6.07, 6.45) is 2.60. The molecule has 0 bridgehead atoms. The molecule has 1 aliphatic carbocycles. The fourth-order valence-corrected chi connectivity index (χ4v) is 3.44. The standard InChI is InChI=1S/C22H17ClFN5O2/c1-12-6-7-13(20-27-22(31-28-20)15-9-17(15)24)8-18(12)26-21(30)14-10-25-29(11-14)19-5-3-2-4-16(19)23/h2-8,10-11,15,17H,9H2,1H3,(H,26,30)/t15-,17-/m0/s1. The van der Waals surface area contributed by atoms with Crippen LogP contribution in [0.4, 0.5) is 10.1 Å². The van der Waals surface area contributed by atoms with Gasteiger partial charge in [0.25, 0.3) is 5.91 Å². The maximum Gasteiger partial charge on any atom is 0.258 e. The fraction of sp³-hybridized carbons (Fsp3) is 0.182. The first kappa shape index (κ1) is 19.4. The Labute approximate surface area is 181 Å². The van der Waals surface area contributed by atoms with E-state index in [0.717, 1.165) is 5.56 Å². The Bertz CT molecular complexity index is 1280. The van der Waals surface area contributed by atoms with Crippen molar-refractivity contribution >= 4 is 23.2 Å². The maximum atomic E-state index is 13.2. The van der Waals surface area contributed by atoms with Crippen LogP contribution in [0.1, 0.15) is 34.2 Å². The Morgan fingerprint density at radius 1 is 1.29 bits per heavy atom. The van der Waals surface area contributed by atoms with E-state index >= 15 is 0 Å². The number of aromatic nitrogens is 4. The van der Waals surface area contributed by atoms with Crippen LogP contribution in [-0.4, -0.2) is 32.0 Å². The molecule has 5 rings (SSSR count). The third-order valence-corrected chi connectivity index (χ3v) is 5.48. The summed E-state index contributed by atoms with van der Waals surface area (Å²) in [5.74, 6) is 0.0444. The number of benzene rings is 2. The molecule has 2 heterocycles. The van der Waals surface area contributed by atoms with Crippen LogP contribution in [0.3, 0.4) is 0 Å². The number of hydrogen-bond donors (Lipinski definition) is 1. The summed E-state index contributed by atoms with van der Waals surface area (Å²) in [6, 6.07) is 12.7. The summed E-state index contributed by atoms with van der Waals surface area (Å²) < 4.78 is 20.0. The van der Waals surface area contributed by atoms with Crippen LogP contribution in [0.25, 0.3) is 17.1 Å². The number of rotatable bonds is 5. The number of hydrogen-bond acceptors (Lipinski definition) is 5. The van der Waals surface area contributed by atoms with Crippen molar-refractivity contribution in [1.82, 2.24) is 19.9 Å². The van der Waals surface area contributed by atoms with Crippen LogP contribution < -0.4 is 5.32 Å². The van der Waals surface area contributed by atoms with E-state index in [1.165, 1.54) is 6.20 Å². The number of nitrogens with zero attached hydrogens (tertiary/aromatic N) is 4. The van der Waals surface area contributed by atoms with Gasteiger partial charge in [-0.25, -0.2) is 9.07 Å². The largest absolute Gasteiger partial charge is 0.339 e. The molecule has 0 unspecified atom stereocenters. The van der Waals surface area contributed by atoms with E-state index in [2.05, 4.69) is 20.6 Å². The molecule has 1 aliphatic rings. The zero-order valence-corrected chi connectivity index (χ0v) is 17.2. The van der Waals surface area contributed by atoms with Gasteiger partial charge in [-0.05, 0) is 37.1 Å². The molecule has 156 valence electrons. The van der Waals surface area contributed by atoms with Gasteiger partial charge in [0.2, 0.25) is 11.7 Å². The number of halogens is 2. The predicted octanol–water partition coefficient (Wildman–Crippen LogP) is 4.96. The van der Waals surface area contributed by atoms with Crippen molar-refractivity contribution in [3.05, 3.63) is 76.9 Å². The third-order valence-electron chi connectivity index (χ3n) is 5.16. The van der Waals surface area contributed by atoms with Gasteiger partial charge in [-0.1, -0.05) is 41.0 Å². The summed E-state index contributed by atoms with van der Waals surface area (Å²) in [5.41, 5.74) is 3.20. The summed E-state index contributed by atoms with van der Waals surface area (Å²) in [5, 5.41) is 11.6. The second kappa shape index (κ2) is 7.63. The molecule has 0 aliphatic heterocycles. The number of aryl methyl sites for hydroxylation is 1. The van der Waals surface area contributed by atoms with Crippen molar-refractivity contribution in [3.8, 4) is 17.1 Å². The normalized spacial score (nSPS) is 17.5. The molecular formula is C22H17ClFN5O2. The van der Waals surface area contributed by atoms with Gasteiger partial charge in [-0.2, -0.15) is 10.1 Å². The van der Waals surface area contributed by atoms with Crippen LogP contribution in [-0.2, 0) is 0 Å². The van der Waals surface area contributed by atoms with Crippen molar-refractivity contribution in [3.63, 3.8) is 0 Å². The quantitative estimate of drug-likeness (QED) is 0.476. The van der Waals surface area contributed by atoms with Crippen LogP contribution in [0.15, 0.2) is 59.4 Å². The molecular weight excluding hydrogens is 421 g/mol. The lowest BCUT2D eigenvalue weighted by Gasteiger charge is -2.08. The third kappa shape index (κ3) is 3.82. The molecule has 7 nitrogen and oxygen atoms in total. The van der Waals surface area contributed by atoms with Crippen molar-refractivity contribution in [1.29, 1.82) is 0 Å². The molecule has 2 aromatic heterocycles. The topological polar surface area (TPSA) is 85.8 Å². The van der Waals surface area contributed by atoms with Gasteiger partial charge in [0.1, 0.15) is 6.17 Å². The lowest BCUT2D eigenvalue weighted by Crippen LogP contribution is -2.12. The first-order valence-electron chi connectivity index (χ1n) is 9.69. The van der Waals surface area contributed by atoms with Gasteiger partial charge >= 0.3 is 0 Å². The summed E-state index contributed by atoms with van der Waals surface area (Å²) in [4.78, 5) is 17.1. The lowest BCUT2D eigenvalue weighted by molar-refractivity contribution is 0.102. The number of nitrogens with one attached hydrogen (secondary N) is 1. The van der Waals surface area contributed by atoms with E-state index in [1.54, 1.807) is 23.0 Å². The monoisotopic (exact) mass is 437 g/mol. The smallest absolute Gasteiger partial charge is 0.258 e. The minimum atomic E-state index is -0.909. The van der Waals surface area contributed by atoms with E-state index in [-0.39, 0.29) is 11.8 Å². The first-order chi connectivity index (χ1) is 15.0. The second-order valence-corrected chi connectivity index (χ2v) is 7.83. The average Bonchev–Trinajstić information content (AvgIpc) is 3.15. The van der Waals surface area contributed by atoms with Gasteiger partial charge < -0.3 is 9.84 Å². The highest BCUT2D eigenvalue weighted by atomic mass is 35.5. The molecule has 0 radical (unpaired) electrons. The number of para-hydroxylation sites is 1. The van der Waals surface area contributed by atoms with Crippen LogP contribution >= 0.6 is 11.6 Å².